The number of benzene rings is 11. The molecule has 0 N–H and O–H groups in total. The largest absolute Gasteiger partial charge is 0.351 e. The van der Waals surface area contributed by atoms with Crippen molar-refractivity contribution in [2.75, 3.05) is 0 Å². The van der Waals surface area contributed by atoms with Crippen molar-refractivity contribution in [1.82, 2.24) is 59.1 Å². The molecule has 0 unspecified atom stereocenters. The Bertz CT molecular complexity index is 5040. The van der Waals surface area contributed by atoms with E-state index in [4.69, 9.17) is 0 Å². The smallest absolute Gasteiger partial charge is 0.131 e. The van der Waals surface area contributed by atoms with Gasteiger partial charge in [-0.2, -0.15) is 20.4 Å². The number of fused-ring (bicyclic) bond motifs is 1. The van der Waals surface area contributed by atoms with Crippen LogP contribution in [0.25, 0.3) is 107 Å². The summed E-state index contributed by atoms with van der Waals surface area (Å²) in [6.07, 6.45) is 1.06. The normalized spacial score (nSPS) is 10.7. The van der Waals surface area contributed by atoms with Crippen LogP contribution in [0.1, 0.15) is 116 Å². The van der Waals surface area contributed by atoms with Gasteiger partial charge in [-0.15, -0.1) is 150 Å². The maximum absolute atomic E-state index is 4.50. The van der Waals surface area contributed by atoms with Crippen molar-refractivity contribution in [2.24, 2.45) is 0 Å². The summed E-state index contributed by atoms with van der Waals surface area (Å²) in [6.45, 7) is 20.2. The SMILES string of the molecule is CC(C)c1nnc(-c2[c-]cc(-c3ccccc3)cc2)n1-c1ccccc1.CC(C)c1nnc(-c2[c-]cc3ccccc3c2)n1-c1ccccc1.CC(C)c1nnc(-c2[c-]ccc(-c3ccccc3)c2)n1-c1ccccc1.CCCn1c(-c2[c-]ccc(-c3ccccc3)c2)nnc1C(C)C.[Ir].[Ir].[Ir].[Ir]. The van der Waals surface area contributed by atoms with Gasteiger partial charge in [0, 0.05) is 128 Å². The van der Waals surface area contributed by atoms with Gasteiger partial charge in [-0.3, -0.25) is 0 Å². The van der Waals surface area contributed by atoms with Gasteiger partial charge in [-0.25, -0.2) is 0 Å². The molecule has 12 nitrogen and oxygen atoms in total. The molecule has 0 saturated heterocycles. The average molecular weight is 2060 g/mol. The zero-order valence-electron chi connectivity index (χ0n) is 58.9. The fourth-order valence-electron chi connectivity index (χ4n) is 11.9. The summed E-state index contributed by atoms with van der Waals surface area (Å²) in [7, 11) is 0. The maximum Gasteiger partial charge on any atom is 0.131 e. The van der Waals surface area contributed by atoms with Crippen LogP contribution in [-0.2, 0) is 87.0 Å². The van der Waals surface area contributed by atoms with Gasteiger partial charge in [-0.05, 0) is 53.9 Å². The fourth-order valence-corrected chi connectivity index (χ4v) is 11.9. The molecule has 0 aliphatic rings. The second kappa shape index (κ2) is 38.4. The summed E-state index contributed by atoms with van der Waals surface area (Å²) >= 11 is 0. The Hall–Kier alpha value is -9.16. The second-order valence-electron chi connectivity index (χ2n) is 25.4. The van der Waals surface area contributed by atoms with Crippen molar-refractivity contribution in [2.45, 2.75) is 99.0 Å². The van der Waals surface area contributed by atoms with Crippen LogP contribution in [0.5, 0.6) is 0 Å². The summed E-state index contributed by atoms with van der Waals surface area (Å²) in [5.41, 5.74) is 14.1. The van der Waals surface area contributed by atoms with E-state index in [2.05, 4.69) is 297 Å². The van der Waals surface area contributed by atoms with Crippen LogP contribution in [0.4, 0.5) is 0 Å². The van der Waals surface area contributed by atoms with Crippen molar-refractivity contribution in [3.8, 4) is 96.0 Å². The molecule has 0 fully saturated rings. The van der Waals surface area contributed by atoms with Crippen molar-refractivity contribution in [1.29, 1.82) is 0 Å². The molecule has 0 saturated carbocycles. The number of nitrogens with zero attached hydrogens (tertiary/aromatic N) is 12. The topological polar surface area (TPSA) is 123 Å². The van der Waals surface area contributed by atoms with Crippen LogP contribution in [0.3, 0.4) is 0 Å². The van der Waals surface area contributed by atoms with Gasteiger partial charge in [0.25, 0.3) is 0 Å². The zero-order valence-corrected chi connectivity index (χ0v) is 68.5. The van der Waals surface area contributed by atoms with E-state index in [1.54, 1.807) is 0 Å². The van der Waals surface area contributed by atoms with Gasteiger partial charge >= 0.3 is 0 Å². The number of hydrogen-bond donors (Lipinski definition) is 0. The Morgan fingerprint density at radius 3 is 1.00 bits per heavy atom. The third-order valence-corrected chi connectivity index (χ3v) is 16.8. The first-order valence-electron chi connectivity index (χ1n) is 34.0. The Balaban J connectivity index is 0.000000172. The average Bonchev–Trinajstić information content (AvgIpc) is 1.77. The van der Waals surface area contributed by atoms with Crippen molar-refractivity contribution < 1.29 is 80.4 Å². The molecule has 4 aromatic heterocycles. The minimum atomic E-state index is 0. The fraction of sp³-hybridized carbons (Fsp3) is 0.172. The first kappa shape index (κ1) is 79.5. The zero-order chi connectivity index (χ0) is 68.6. The third-order valence-electron chi connectivity index (χ3n) is 16.8. The van der Waals surface area contributed by atoms with E-state index in [1.165, 1.54) is 33.0 Å². The van der Waals surface area contributed by atoms with Crippen molar-refractivity contribution in [3.05, 3.63) is 321 Å². The van der Waals surface area contributed by atoms with E-state index in [0.29, 0.717) is 5.92 Å². The van der Waals surface area contributed by atoms with Crippen molar-refractivity contribution >= 4 is 10.8 Å². The van der Waals surface area contributed by atoms with Crippen LogP contribution in [0.15, 0.2) is 273 Å². The van der Waals surface area contributed by atoms with E-state index in [0.717, 1.165) is 110 Å². The van der Waals surface area contributed by atoms with E-state index in [1.807, 2.05) is 121 Å². The van der Waals surface area contributed by atoms with E-state index >= 15 is 0 Å². The molecule has 0 bridgehead atoms. The third kappa shape index (κ3) is 19.2. The molecular weight excluding hydrogens is 1980 g/mol. The minimum absolute atomic E-state index is 0. The summed E-state index contributed by atoms with van der Waals surface area (Å²) < 4.78 is 8.61. The number of rotatable bonds is 16. The van der Waals surface area contributed by atoms with Crippen LogP contribution in [-0.4, -0.2) is 59.1 Å². The van der Waals surface area contributed by atoms with Gasteiger partial charge in [0.15, 0.2) is 0 Å². The maximum atomic E-state index is 4.50. The van der Waals surface area contributed by atoms with Gasteiger partial charge < -0.3 is 18.3 Å². The first-order chi connectivity index (χ1) is 48.4. The van der Waals surface area contributed by atoms with Gasteiger partial charge in [0.2, 0.25) is 0 Å². The Labute approximate surface area is 660 Å². The molecule has 4 heterocycles. The number of para-hydroxylation sites is 3. The summed E-state index contributed by atoms with van der Waals surface area (Å²) in [5, 5.41) is 38.0. The predicted octanol–water partition coefficient (Wildman–Crippen LogP) is 21.0. The molecule has 0 amide bonds. The minimum Gasteiger partial charge on any atom is -0.351 e. The van der Waals surface area contributed by atoms with Crippen LogP contribution >= 0.6 is 0 Å². The summed E-state index contributed by atoms with van der Waals surface area (Å²) in [6, 6.07) is 106. The van der Waals surface area contributed by atoms with E-state index in [9.17, 15) is 0 Å². The molecule has 16 heteroatoms. The quantitative estimate of drug-likeness (QED) is 0.0877. The standard InChI is InChI=1S/2C23H20N3.C21H18N3.C20H22N3.4Ir/c1-17(2)22-24-25-23(26(22)21-14-7-4-8-15-21)20-13-9-12-19(16-20)18-10-5-3-6-11-18;1-17(2)22-24-25-23(26(22)21-11-7-4-8-12-21)20-15-13-19(14-16-20)18-9-5-3-6-10-18;1-15(2)20-22-23-21(24(20)19-10-4-3-5-11-19)18-13-12-16-8-6-7-9-17(16)14-18;1-4-13-23-19(15(2)3)21-22-20(23)18-12-8-11-17(14-18)16-9-6-5-7-10-16;;;;/h3-12,14-17H,1-2H3;3-15,17H,1-2H3;3-12,14-15H,1-2H3;5-11,14-15H,4,13H2,1-3H3;;;;/q4*-1;;;;. The van der Waals surface area contributed by atoms with Crippen LogP contribution in [0.2, 0.25) is 0 Å². The van der Waals surface area contributed by atoms with E-state index in [-0.39, 0.29) is 98.2 Å². The monoisotopic (exact) mass is 2060 g/mol. The van der Waals surface area contributed by atoms with Crippen LogP contribution < -0.4 is 0 Å². The Morgan fingerprint density at radius 2 is 0.612 bits per heavy atom. The molecule has 0 spiro atoms. The molecular formula is C87H80Ir4N12-4. The second-order valence-corrected chi connectivity index (χ2v) is 25.4. The van der Waals surface area contributed by atoms with Crippen LogP contribution in [0, 0.1) is 24.3 Å². The molecule has 4 radical (unpaired) electrons. The Morgan fingerprint density at radius 1 is 0.282 bits per heavy atom. The van der Waals surface area contributed by atoms with Gasteiger partial charge in [0.1, 0.15) is 23.3 Å². The first-order valence-corrected chi connectivity index (χ1v) is 34.0. The van der Waals surface area contributed by atoms with Gasteiger partial charge in [-0.1, -0.05) is 249 Å². The predicted molar refractivity (Wildman–Crippen MR) is 402 cm³/mol. The molecule has 15 aromatic rings. The van der Waals surface area contributed by atoms with Gasteiger partial charge in [0.05, 0.1) is 23.3 Å². The molecule has 0 aliphatic heterocycles. The molecule has 11 aromatic carbocycles. The molecule has 15 rings (SSSR count). The number of aromatic nitrogens is 12. The molecule has 528 valence electrons. The number of hydrogen-bond acceptors (Lipinski definition) is 8. The summed E-state index contributed by atoms with van der Waals surface area (Å²) in [4.78, 5) is 0. The van der Waals surface area contributed by atoms with Crippen molar-refractivity contribution in [3.63, 3.8) is 0 Å². The molecule has 0 atom stereocenters. The van der Waals surface area contributed by atoms with E-state index < -0.39 is 0 Å². The summed E-state index contributed by atoms with van der Waals surface area (Å²) in [5.74, 6) is 8.47. The molecule has 103 heavy (non-hydrogen) atoms. The Kier molecular flexibility index (Phi) is 29.6. The molecule has 0 aliphatic carbocycles.